The van der Waals surface area contributed by atoms with E-state index in [0.29, 0.717) is 10.6 Å². The minimum absolute atomic E-state index is 0.0975. The summed E-state index contributed by atoms with van der Waals surface area (Å²) in [5, 5.41) is 0.529. The molecule has 0 saturated heterocycles. The molecule has 0 saturated carbocycles. The Kier molecular flexibility index (Phi) is 6.17. The Labute approximate surface area is 155 Å². The average Bonchev–Trinajstić information content (AvgIpc) is 2.75. The molecule has 0 heterocycles. The topological polar surface area (TPSA) is 43.4 Å². The van der Waals surface area contributed by atoms with Crippen LogP contribution in [0, 0.1) is 5.92 Å². The molecule has 1 aliphatic rings. The molecule has 0 spiro atoms. The van der Waals surface area contributed by atoms with Crippen LogP contribution in [-0.4, -0.2) is 24.0 Å². The summed E-state index contributed by atoms with van der Waals surface area (Å²) in [6.45, 7) is 5.10. The molecule has 1 aromatic carbocycles. The number of esters is 1. The maximum atomic E-state index is 12.7. The van der Waals surface area contributed by atoms with Gasteiger partial charge in [0.2, 0.25) is 0 Å². The summed E-state index contributed by atoms with van der Waals surface area (Å²) in [5.41, 5.74) is 0.582. The van der Waals surface area contributed by atoms with Crippen LogP contribution < -0.4 is 0 Å². The molecule has 2 rings (SSSR count). The number of benzene rings is 1. The predicted octanol–water partition coefficient (Wildman–Crippen LogP) is 5.23. The Morgan fingerprint density at radius 3 is 2.35 bits per heavy atom. The van der Waals surface area contributed by atoms with Crippen LogP contribution in [-0.2, 0) is 14.3 Å². The molecule has 0 aliphatic heterocycles. The van der Waals surface area contributed by atoms with Crippen molar-refractivity contribution in [3.05, 3.63) is 46.0 Å². The molecule has 1 aromatic rings. The summed E-state index contributed by atoms with van der Waals surface area (Å²) in [4.78, 5) is 24.6. The van der Waals surface area contributed by atoms with Crippen LogP contribution in [0.5, 0.6) is 0 Å². The quantitative estimate of drug-likeness (QED) is 0.648. The summed E-state index contributed by atoms with van der Waals surface area (Å²) in [6, 6.07) is 6.74. The molecule has 0 bridgehead atoms. The molecule has 0 radical (unpaired) electrons. The van der Waals surface area contributed by atoms with E-state index in [1.807, 2.05) is 13.8 Å². The molecule has 0 aromatic heterocycles. The van der Waals surface area contributed by atoms with E-state index >= 15 is 0 Å². The average molecular weight is 389 g/mol. The Morgan fingerprint density at radius 1 is 1.27 bits per heavy atom. The number of ether oxygens (including phenoxy) is 1. The van der Waals surface area contributed by atoms with Crippen molar-refractivity contribution < 1.29 is 27.5 Å². The molecule has 3 nitrogen and oxygen atoms in total. The second-order valence-corrected chi connectivity index (χ2v) is 7.22. The Hall–Kier alpha value is -1.82. The van der Waals surface area contributed by atoms with Gasteiger partial charge in [-0.25, -0.2) is 0 Å². The van der Waals surface area contributed by atoms with E-state index in [-0.39, 0.29) is 23.5 Å². The van der Waals surface area contributed by atoms with Crippen LogP contribution >= 0.6 is 11.6 Å². The maximum absolute atomic E-state index is 12.7. The molecule has 0 N–H and O–H groups in total. The van der Waals surface area contributed by atoms with E-state index in [0.717, 1.165) is 0 Å². The molecule has 7 heteroatoms. The summed E-state index contributed by atoms with van der Waals surface area (Å²) in [7, 11) is 0. The van der Waals surface area contributed by atoms with Gasteiger partial charge in [0.15, 0.2) is 5.78 Å². The van der Waals surface area contributed by atoms with Gasteiger partial charge in [0.1, 0.15) is 6.10 Å². The van der Waals surface area contributed by atoms with Gasteiger partial charge in [-0.15, -0.1) is 0 Å². The standard InChI is InChI=1S/C19H20ClF3O3/c1-10(2)17(12-4-6-13(20)7-5-12)18(25)26-16-8-15(24)14(11(16)3)9-19(21,22)23/h4-7,10,16-17H,8-9H2,1-3H3/t16?,17-/m0/s1. The van der Waals surface area contributed by atoms with Crippen molar-refractivity contribution in [3.8, 4) is 0 Å². The first-order valence-electron chi connectivity index (χ1n) is 8.25. The third kappa shape index (κ3) is 4.87. The second-order valence-electron chi connectivity index (χ2n) is 6.78. The monoisotopic (exact) mass is 388 g/mol. The van der Waals surface area contributed by atoms with Crippen molar-refractivity contribution >= 4 is 23.4 Å². The molecular formula is C19H20ClF3O3. The summed E-state index contributed by atoms with van der Waals surface area (Å²) >= 11 is 5.87. The van der Waals surface area contributed by atoms with Crippen LogP contribution in [0.2, 0.25) is 5.02 Å². The molecular weight excluding hydrogens is 369 g/mol. The highest BCUT2D eigenvalue weighted by Crippen LogP contribution is 2.36. The molecule has 0 fully saturated rings. The van der Waals surface area contributed by atoms with Crippen LogP contribution in [0.3, 0.4) is 0 Å². The molecule has 1 unspecified atom stereocenters. The van der Waals surface area contributed by atoms with E-state index in [9.17, 15) is 22.8 Å². The van der Waals surface area contributed by atoms with Gasteiger partial charge in [0.25, 0.3) is 0 Å². The Balaban J connectivity index is 2.19. The fourth-order valence-electron chi connectivity index (χ4n) is 3.10. The highest BCUT2D eigenvalue weighted by atomic mass is 35.5. The lowest BCUT2D eigenvalue weighted by molar-refractivity contribution is -0.150. The van der Waals surface area contributed by atoms with Crippen LogP contribution in [0.25, 0.3) is 0 Å². The SMILES string of the molecule is CC1=C(CC(F)(F)F)C(=O)CC1OC(=O)[C@H](c1ccc(Cl)cc1)C(C)C. The largest absolute Gasteiger partial charge is 0.457 e. The van der Waals surface area contributed by atoms with E-state index in [1.165, 1.54) is 6.92 Å². The number of allylic oxidation sites excluding steroid dienone is 1. The van der Waals surface area contributed by atoms with Crippen LogP contribution in [0.1, 0.15) is 45.1 Å². The molecule has 2 atom stereocenters. The minimum atomic E-state index is -4.48. The van der Waals surface area contributed by atoms with Gasteiger partial charge in [0, 0.05) is 10.6 Å². The number of ketones is 1. The number of hydrogen-bond donors (Lipinski definition) is 0. The number of hydrogen-bond acceptors (Lipinski definition) is 3. The molecule has 1 aliphatic carbocycles. The summed E-state index contributed by atoms with van der Waals surface area (Å²) in [5.74, 6) is -1.88. The van der Waals surface area contributed by atoms with Crippen LogP contribution in [0.15, 0.2) is 35.4 Å². The lowest BCUT2D eigenvalue weighted by Crippen LogP contribution is -2.26. The molecule has 26 heavy (non-hydrogen) atoms. The zero-order valence-electron chi connectivity index (χ0n) is 14.7. The first-order chi connectivity index (χ1) is 12.0. The Morgan fingerprint density at radius 2 is 1.85 bits per heavy atom. The minimum Gasteiger partial charge on any atom is -0.457 e. The second kappa shape index (κ2) is 7.82. The number of Topliss-reactive ketones (excluding diaryl/α,β-unsaturated/α-hetero) is 1. The van der Waals surface area contributed by atoms with Crippen LogP contribution in [0.4, 0.5) is 13.2 Å². The van der Waals surface area contributed by atoms with Gasteiger partial charge in [-0.1, -0.05) is 37.6 Å². The third-order valence-corrected chi connectivity index (χ3v) is 4.70. The summed E-state index contributed by atoms with van der Waals surface area (Å²) in [6.07, 6.45) is -6.96. The molecule has 0 amide bonds. The number of carbonyl (C=O) groups excluding carboxylic acids is 2. The molecule has 142 valence electrons. The predicted molar refractivity (Wildman–Crippen MR) is 91.9 cm³/mol. The van der Waals surface area contributed by atoms with Crippen molar-refractivity contribution in [1.82, 2.24) is 0 Å². The normalized spacial score (nSPS) is 19.2. The fraction of sp³-hybridized carbons (Fsp3) is 0.474. The van der Waals surface area contributed by atoms with E-state index in [2.05, 4.69) is 0 Å². The van der Waals surface area contributed by atoms with E-state index in [1.54, 1.807) is 24.3 Å². The van der Waals surface area contributed by atoms with E-state index in [4.69, 9.17) is 16.3 Å². The summed E-state index contributed by atoms with van der Waals surface area (Å²) < 4.78 is 43.3. The van der Waals surface area contributed by atoms with Gasteiger partial charge in [0.05, 0.1) is 18.8 Å². The number of halogens is 4. The van der Waals surface area contributed by atoms with Gasteiger partial charge in [-0.3, -0.25) is 9.59 Å². The smallest absolute Gasteiger partial charge is 0.393 e. The zero-order valence-corrected chi connectivity index (χ0v) is 15.4. The van der Waals surface area contributed by atoms with Crippen molar-refractivity contribution in [2.45, 2.75) is 51.8 Å². The first-order valence-corrected chi connectivity index (χ1v) is 8.63. The van der Waals surface area contributed by atoms with Crippen molar-refractivity contribution in [2.75, 3.05) is 0 Å². The van der Waals surface area contributed by atoms with Gasteiger partial charge < -0.3 is 4.74 Å². The van der Waals surface area contributed by atoms with Crippen molar-refractivity contribution in [3.63, 3.8) is 0 Å². The lowest BCUT2D eigenvalue weighted by atomic mass is 9.88. The maximum Gasteiger partial charge on any atom is 0.393 e. The number of alkyl halides is 3. The first kappa shape index (κ1) is 20.5. The Bertz CT molecular complexity index is 721. The highest BCUT2D eigenvalue weighted by molar-refractivity contribution is 6.30. The number of carbonyl (C=O) groups is 2. The van der Waals surface area contributed by atoms with Gasteiger partial charge in [-0.2, -0.15) is 13.2 Å². The zero-order chi connectivity index (χ0) is 19.6. The lowest BCUT2D eigenvalue weighted by Gasteiger charge is -2.23. The van der Waals surface area contributed by atoms with Crippen molar-refractivity contribution in [2.24, 2.45) is 5.92 Å². The van der Waals surface area contributed by atoms with Gasteiger partial charge in [-0.05, 0) is 36.1 Å². The third-order valence-electron chi connectivity index (χ3n) is 4.45. The van der Waals surface area contributed by atoms with Crippen molar-refractivity contribution in [1.29, 1.82) is 0 Å². The van der Waals surface area contributed by atoms with Gasteiger partial charge >= 0.3 is 12.1 Å². The number of rotatable bonds is 5. The highest BCUT2D eigenvalue weighted by Gasteiger charge is 2.40. The fourth-order valence-corrected chi connectivity index (χ4v) is 3.23. The van der Waals surface area contributed by atoms with E-state index < -0.39 is 36.4 Å².